The SMILES string of the molecule is CC=C1C[C@H]2C=Nc3cc(OCc4cc(OCCCNC(=O)OC(C)(C)C)cc(COc5cc6c(cc5OC)C(=O)N5CC(=CC)C[C@H]5C=N6)n4)c(OC)cc3C(=O)N2C1. The predicted octanol–water partition coefficient (Wildman–Crippen LogP) is 7.30. The molecule has 2 atom stereocenters. The summed E-state index contributed by atoms with van der Waals surface area (Å²) >= 11 is 0. The fourth-order valence-electron chi connectivity index (χ4n) is 7.45. The lowest BCUT2D eigenvalue weighted by atomic mass is 10.1. The van der Waals surface area contributed by atoms with Gasteiger partial charge in [-0.2, -0.15) is 0 Å². The van der Waals surface area contributed by atoms with E-state index < -0.39 is 11.7 Å². The van der Waals surface area contributed by atoms with Crippen LogP contribution in [0.1, 0.15) is 86.0 Å². The lowest BCUT2D eigenvalue weighted by Crippen LogP contribution is -2.35. The van der Waals surface area contributed by atoms with Crippen LogP contribution in [-0.2, 0) is 18.0 Å². The average molecular weight is 821 g/mol. The van der Waals surface area contributed by atoms with Crippen LogP contribution in [0.25, 0.3) is 0 Å². The lowest BCUT2D eigenvalue weighted by molar-refractivity contribution is 0.0524. The number of carbonyl (C=O) groups excluding carboxylic acids is 3. The molecule has 5 heterocycles. The minimum atomic E-state index is -0.601. The first-order valence-corrected chi connectivity index (χ1v) is 20.1. The molecule has 0 unspecified atom stereocenters. The summed E-state index contributed by atoms with van der Waals surface area (Å²) in [7, 11) is 3.05. The van der Waals surface area contributed by atoms with E-state index in [4.69, 9.17) is 43.4 Å². The zero-order valence-electron chi connectivity index (χ0n) is 35.2. The molecule has 60 heavy (non-hydrogen) atoms. The number of hydrogen-bond acceptors (Lipinski definition) is 12. The van der Waals surface area contributed by atoms with Crippen molar-refractivity contribution in [3.8, 4) is 28.7 Å². The first-order chi connectivity index (χ1) is 28.9. The van der Waals surface area contributed by atoms with Crippen molar-refractivity contribution < 1.29 is 42.8 Å². The summed E-state index contributed by atoms with van der Waals surface area (Å²) in [5.74, 6) is 1.84. The molecule has 15 nitrogen and oxygen atoms in total. The van der Waals surface area contributed by atoms with Crippen molar-refractivity contribution in [3.63, 3.8) is 0 Å². The number of fused-ring (bicyclic) bond motifs is 4. The van der Waals surface area contributed by atoms with Crippen LogP contribution >= 0.6 is 0 Å². The Bertz CT molecular complexity index is 2140. The van der Waals surface area contributed by atoms with Crippen molar-refractivity contribution in [1.29, 1.82) is 0 Å². The number of nitrogens with zero attached hydrogens (tertiary/aromatic N) is 5. The van der Waals surface area contributed by atoms with E-state index in [9.17, 15) is 14.4 Å². The molecule has 1 aromatic heterocycles. The number of rotatable bonds is 13. The van der Waals surface area contributed by atoms with Gasteiger partial charge >= 0.3 is 6.09 Å². The lowest BCUT2D eigenvalue weighted by Gasteiger charge is -2.20. The highest BCUT2D eigenvalue weighted by molar-refractivity contribution is 6.04. The van der Waals surface area contributed by atoms with Crippen molar-refractivity contribution >= 4 is 41.7 Å². The van der Waals surface area contributed by atoms with E-state index in [1.165, 1.54) is 25.4 Å². The van der Waals surface area contributed by atoms with E-state index in [2.05, 4.69) is 17.5 Å². The summed E-state index contributed by atoms with van der Waals surface area (Å²) in [4.78, 5) is 57.2. The maximum atomic E-state index is 13.6. The highest BCUT2D eigenvalue weighted by Gasteiger charge is 2.36. The Morgan fingerprint density at radius 2 is 1.25 bits per heavy atom. The molecule has 0 radical (unpaired) electrons. The van der Waals surface area contributed by atoms with E-state index in [1.54, 1.807) is 36.4 Å². The number of carbonyl (C=O) groups is 3. The molecule has 15 heteroatoms. The van der Waals surface area contributed by atoms with Gasteiger partial charge in [0, 0.05) is 56.3 Å². The first-order valence-electron chi connectivity index (χ1n) is 20.1. The molecule has 2 aromatic carbocycles. The smallest absolute Gasteiger partial charge is 0.407 e. The summed E-state index contributed by atoms with van der Waals surface area (Å²) in [6.45, 7) is 11.2. The Morgan fingerprint density at radius 1 is 0.750 bits per heavy atom. The number of nitrogens with one attached hydrogen (secondary N) is 1. The molecule has 1 N–H and O–H groups in total. The van der Waals surface area contributed by atoms with Crippen LogP contribution < -0.4 is 29.0 Å². The largest absolute Gasteiger partial charge is 0.493 e. The summed E-state index contributed by atoms with van der Waals surface area (Å²) in [5, 5.41) is 2.75. The number of ether oxygens (including phenoxy) is 6. The molecule has 2 saturated heterocycles. The topological polar surface area (TPSA) is 163 Å². The normalized spacial score (nSPS) is 19.3. The molecule has 0 saturated carbocycles. The Labute approximate surface area is 350 Å². The zero-order chi connectivity index (χ0) is 42.6. The molecular weight excluding hydrogens is 769 g/mol. The van der Waals surface area contributed by atoms with Gasteiger partial charge in [-0.25, -0.2) is 4.79 Å². The summed E-state index contributed by atoms with van der Waals surface area (Å²) in [5.41, 5.74) is 4.72. The second-order valence-electron chi connectivity index (χ2n) is 15.9. The van der Waals surface area contributed by atoms with Crippen LogP contribution in [0.5, 0.6) is 28.7 Å². The maximum Gasteiger partial charge on any atom is 0.407 e. The Kier molecular flexibility index (Phi) is 12.4. The molecular formula is C45H52N6O9. The number of amides is 3. The Balaban J connectivity index is 1.10. The van der Waals surface area contributed by atoms with Gasteiger partial charge in [0.2, 0.25) is 0 Å². The van der Waals surface area contributed by atoms with Crippen LogP contribution in [0.4, 0.5) is 16.2 Å². The predicted molar refractivity (Wildman–Crippen MR) is 226 cm³/mol. The molecule has 0 bridgehead atoms. The van der Waals surface area contributed by atoms with Crippen molar-refractivity contribution in [2.75, 3.05) is 40.5 Å². The number of hydrogen-bond donors (Lipinski definition) is 1. The third kappa shape index (κ3) is 9.40. The van der Waals surface area contributed by atoms with E-state index in [1.807, 2.05) is 56.8 Å². The number of allylic oxidation sites excluding steroid dienone is 2. The average Bonchev–Trinajstić information content (AvgIpc) is 3.80. The number of aliphatic imine (C=N–C) groups is 2. The van der Waals surface area contributed by atoms with E-state index in [0.717, 1.165) is 12.8 Å². The molecule has 3 amide bonds. The van der Waals surface area contributed by atoms with Crippen LogP contribution in [0.3, 0.4) is 0 Å². The monoisotopic (exact) mass is 820 g/mol. The van der Waals surface area contributed by atoms with Crippen LogP contribution in [0, 0.1) is 0 Å². The number of benzene rings is 2. The Morgan fingerprint density at radius 3 is 1.70 bits per heavy atom. The van der Waals surface area contributed by atoms with Crippen LogP contribution in [0.2, 0.25) is 0 Å². The van der Waals surface area contributed by atoms with Crippen molar-refractivity contribution in [1.82, 2.24) is 20.1 Å². The van der Waals surface area contributed by atoms with Gasteiger partial charge in [0.05, 0.1) is 66.8 Å². The van der Waals surface area contributed by atoms with Gasteiger partial charge in [0.15, 0.2) is 23.0 Å². The molecule has 4 aliphatic heterocycles. The summed E-state index contributed by atoms with van der Waals surface area (Å²) < 4.78 is 35.5. The van der Waals surface area contributed by atoms with Gasteiger partial charge < -0.3 is 43.5 Å². The highest BCUT2D eigenvalue weighted by atomic mass is 16.6. The molecule has 4 aliphatic rings. The van der Waals surface area contributed by atoms with Gasteiger partial charge in [-0.05, 0) is 66.0 Å². The molecule has 0 spiro atoms. The number of aromatic nitrogens is 1. The molecule has 7 rings (SSSR count). The number of methoxy groups -OCH3 is 2. The third-order valence-corrected chi connectivity index (χ3v) is 10.5. The third-order valence-electron chi connectivity index (χ3n) is 10.5. The van der Waals surface area contributed by atoms with E-state index >= 15 is 0 Å². The second kappa shape index (κ2) is 17.9. The van der Waals surface area contributed by atoms with Crippen LogP contribution in [0.15, 0.2) is 69.7 Å². The van der Waals surface area contributed by atoms with Gasteiger partial charge in [-0.1, -0.05) is 23.3 Å². The number of pyridine rings is 1. The standard InChI is InChI=1S/C45H52N6O9/c1-8-27-13-31-21-47-36-19-40(38(55-6)17-34(36)42(52)50(31)23-27)58-25-29-15-33(57-12-10-11-46-44(54)60-45(3,4)5)16-30(49-29)26-59-41-20-37-35(18-39(41)56-7)43(53)51-24-28(9-2)14-32(51)22-48-37/h8-9,15-22,31-32H,10-14,23-26H2,1-7H3,(H,46,54)/t31-,32-/m0/s1. The minimum Gasteiger partial charge on any atom is -0.493 e. The molecule has 2 fully saturated rings. The van der Waals surface area contributed by atoms with Gasteiger partial charge in [-0.3, -0.25) is 24.6 Å². The highest BCUT2D eigenvalue weighted by Crippen LogP contribution is 2.41. The first kappa shape index (κ1) is 41.8. The molecule has 316 valence electrons. The fourth-order valence-corrected chi connectivity index (χ4v) is 7.45. The van der Waals surface area contributed by atoms with Crippen LogP contribution in [-0.4, -0.2) is 103 Å². The summed E-state index contributed by atoms with van der Waals surface area (Å²) in [6.07, 6.45) is 9.26. The fraction of sp³-hybridized carbons (Fsp3) is 0.422. The Hall–Kier alpha value is -6.38. The van der Waals surface area contributed by atoms with Gasteiger partial charge in [-0.15, -0.1) is 0 Å². The molecule has 0 aliphatic carbocycles. The van der Waals surface area contributed by atoms with Crippen molar-refractivity contribution in [2.45, 2.75) is 84.8 Å². The summed E-state index contributed by atoms with van der Waals surface area (Å²) in [6, 6.07) is 10.1. The van der Waals surface area contributed by atoms with Crippen molar-refractivity contribution in [2.24, 2.45) is 9.98 Å². The van der Waals surface area contributed by atoms with E-state index in [-0.39, 0.29) is 43.7 Å². The van der Waals surface area contributed by atoms with Crippen molar-refractivity contribution in [3.05, 3.63) is 82.2 Å². The quantitative estimate of drug-likeness (QED) is 0.137. The molecule has 3 aromatic rings. The maximum absolute atomic E-state index is 13.6. The number of alkyl carbamates (subject to hydrolysis) is 1. The van der Waals surface area contributed by atoms with Gasteiger partial charge in [0.25, 0.3) is 11.8 Å². The van der Waals surface area contributed by atoms with Gasteiger partial charge in [0.1, 0.15) is 24.6 Å². The second-order valence-corrected chi connectivity index (χ2v) is 15.9. The van der Waals surface area contributed by atoms with E-state index in [0.29, 0.717) is 88.7 Å². The zero-order valence-corrected chi connectivity index (χ0v) is 35.2. The minimum absolute atomic E-state index is 0.0161.